The van der Waals surface area contributed by atoms with Gasteiger partial charge in [0.1, 0.15) is 0 Å². The highest BCUT2D eigenvalue weighted by atomic mass is 35.5. The number of non-ortho nitro benzene ring substituents is 1. The Bertz CT molecular complexity index is 1130. The van der Waals surface area contributed by atoms with Crippen molar-refractivity contribution in [2.45, 2.75) is 6.92 Å². The van der Waals surface area contributed by atoms with E-state index in [1.807, 2.05) is 0 Å². The van der Waals surface area contributed by atoms with Crippen LogP contribution in [0.1, 0.15) is 18.1 Å². The van der Waals surface area contributed by atoms with Gasteiger partial charge in [0.15, 0.2) is 17.2 Å². The first-order valence-corrected chi connectivity index (χ1v) is 9.02. The normalized spacial score (nSPS) is 14.1. The van der Waals surface area contributed by atoms with E-state index in [1.165, 1.54) is 51.5 Å². The summed E-state index contributed by atoms with van der Waals surface area (Å²) in [5.74, 6) is -1.04. The Balaban J connectivity index is 2.04. The first-order valence-electron chi connectivity index (χ1n) is 8.64. The summed E-state index contributed by atoms with van der Waals surface area (Å²) in [5.41, 5.74) is 0.229. The van der Waals surface area contributed by atoms with Crippen molar-refractivity contribution in [1.29, 1.82) is 0 Å². The van der Waals surface area contributed by atoms with E-state index in [-0.39, 0.29) is 45.1 Å². The number of carbonyl (C=O) groups is 2. The molecule has 11 heteroatoms. The Hall–Kier alpha value is -3.92. The number of carbonyl (C=O) groups excluding carboxylic acids is 2. The Morgan fingerprint density at radius 2 is 1.84 bits per heavy atom. The van der Waals surface area contributed by atoms with Crippen LogP contribution in [0.25, 0.3) is 6.08 Å². The lowest BCUT2D eigenvalue weighted by atomic mass is 10.1. The number of nitro groups is 1. The molecular formula is C20H15ClN2O8. The molecule has 0 saturated heterocycles. The zero-order chi connectivity index (χ0) is 22.7. The third kappa shape index (κ3) is 4.64. The van der Waals surface area contributed by atoms with Gasteiger partial charge in [0.2, 0.25) is 11.6 Å². The highest BCUT2D eigenvalue weighted by Crippen LogP contribution is 2.39. The monoisotopic (exact) mass is 446 g/mol. The lowest BCUT2D eigenvalue weighted by Gasteiger charge is -2.13. The highest BCUT2D eigenvalue weighted by Gasteiger charge is 2.27. The number of cyclic esters (lactones) is 1. The minimum absolute atomic E-state index is 0.0816. The summed E-state index contributed by atoms with van der Waals surface area (Å²) in [6.07, 6.45) is 1.39. The van der Waals surface area contributed by atoms with E-state index >= 15 is 0 Å². The van der Waals surface area contributed by atoms with Gasteiger partial charge in [-0.1, -0.05) is 11.6 Å². The molecular weight excluding hydrogens is 432 g/mol. The van der Waals surface area contributed by atoms with E-state index in [0.29, 0.717) is 5.56 Å². The number of aliphatic imine (C=N–C) groups is 1. The first-order chi connectivity index (χ1) is 14.7. The fourth-order valence-corrected chi connectivity index (χ4v) is 2.90. The van der Waals surface area contributed by atoms with Crippen LogP contribution < -0.4 is 14.2 Å². The van der Waals surface area contributed by atoms with Crippen molar-refractivity contribution in [3.8, 4) is 17.2 Å². The van der Waals surface area contributed by atoms with Crippen molar-refractivity contribution in [2.75, 3.05) is 14.2 Å². The highest BCUT2D eigenvalue weighted by molar-refractivity contribution is 6.34. The molecule has 10 nitrogen and oxygen atoms in total. The largest absolute Gasteiger partial charge is 0.493 e. The summed E-state index contributed by atoms with van der Waals surface area (Å²) in [5, 5.41) is 11.1. The van der Waals surface area contributed by atoms with Crippen LogP contribution in [-0.4, -0.2) is 37.0 Å². The third-order valence-electron chi connectivity index (χ3n) is 4.04. The predicted molar refractivity (Wildman–Crippen MR) is 110 cm³/mol. The van der Waals surface area contributed by atoms with Crippen LogP contribution in [0.2, 0.25) is 5.02 Å². The Morgan fingerprint density at radius 1 is 1.19 bits per heavy atom. The van der Waals surface area contributed by atoms with Gasteiger partial charge in [-0.2, -0.15) is 0 Å². The van der Waals surface area contributed by atoms with Gasteiger partial charge in [-0.3, -0.25) is 14.9 Å². The second-order valence-electron chi connectivity index (χ2n) is 6.11. The average molecular weight is 447 g/mol. The number of ether oxygens (including phenoxy) is 4. The second-order valence-corrected chi connectivity index (χ2v) is 6.51. The molecule has 160 valence electrons. The summed E-state index contributed by atoms with van der Waals surface area (Å²) in [7, 11) is 2.76. The number of nitrogens with zero attached hydrogens (tertiary/aromatic N) is 2. The van der Waals surface area contributed by atoms with Gasteiger partial charge in [0, 0.05) is 19.1 Å². The molecule has 0 bridgehead atoms. The van der Waals surface area contributed by atoms with Crippen molar-refractivity contribution in [3.63, 3.8) is 0 Å². The SMILES string of the molecule is COc1cc(/C=C2/N=C(c3cc([N+](=O)[O-])ccc3Cl)OC2=O)cc(OC)c1OC(C)=O. The van der Waals surface area contributed by atoms with E-state index in [1.54, 1.807) is 0 Å². The molecule has 0 fully saturated rings. The van der Waals surface area contributed by atoms with Crippen LogP contribution in [0.15, 0.2) is 41.0 Å². The lowest BCUT2D eigenvalue weighted by molar-refractivity contribution is -0.384. The molecule has 0 unspecified atom stereocenters. The van der Waals surface area contributed by atoms with E-state index in [0.717, 1.165) is 6.07 Å². The summed E-state index contributed by atoms with van der Waals surface area (Å²) < 4.78 is 20.8. The van der Waals surface area contributed by atoms with Crippen molar-refractivity contribution < 1.29 is 33.5 Å². The maximum atomic E-state index is 12.3. The summed E-state index contributed by atoms with van der Waals surface area (Å²) >= 11 is 6.09. The van der Waals surface area contributed by atoms with Crippen molar-refractivity contribution in [1.82, 2.24) is 0 Å². The maximum Gasteiger partial charge on any atom is 0.363 e. The van der Waals surface area contributed by atoms with Crippen LogP contribution in [0.3, 0.4) is 0 Å². The van der Waals surface area contributed by atoms with Crippen molar-refractivity contribution in [3.05, 3.63) is 62.3 Å². The smallest absolute Gasteiger partial charge is 0.363 e. The zero-order valence-electron chi connectivity index (χ0n) is 16.5. The van der Waals surface area contributed by atoms with Gasteiger partial charge >= 0.3 is 11.9 Å². The molecule has 0 spiro atoms. The molecule has 0 saturated carbocycles. The van der Waals surface area contributed by atoms with Gasteiger partial charge in [-0.15, -0.1) is 0 Å². The molecule has 31 heavy (non-hydrogen) atoms. The van der Waals surface area contributed by atoms with Gasteiger partial charge < -0.3 is 18.9 Å². The van der Waals surface area contributed by atoms with Gasteiger partial charge in [-0.05, 0) is 29.8 Å². The Morgan fingerprint density at radius 3 is 2.39 bits per heavy atom. The number of nitro benzene ring substituents is 1. The van der Waals surface area contributed by atoms with Crippen molar-refractivity contribution in [2.24, 2.45) is 4.99 Å². The minimum atomic E-state index is -0.778. The van der Waals surface area contributed by atoms with Gasteiger partial charge in [0.05, 0.1) is 29.7 Å². The molecule has 1 heterocycles. The summed E-state index contributed by atoms with van der Waals surface area (Å²) in [4.78, 5) is 38.2. The topological polar surface area (TPSA) is 127 Å². The van der Waals surface area contributed by atoms with Crippen LogP contribution in [-0.2, 0) is 14.3 Å². The molecule has 0 aliphatic carbocycles. The van der Waals surface area contributed by atoms with Crippen molar-refractivity contribution >= 4 is 41.2 Å². The molecule has 0 atom stereocenters. The van der Waals surface area contributed by atoms with E-state index < -0.39 is 16.9 Å². The van der Waals surface area contributed by atoms with Gasteiger partial charge in [-0.25, -0.2) is 9.79 Å². The number of methoxy groups -OCH3 is 2. The molecule has 0 radical (unpaired) electrons. The molecule has 2 aromatic rings. The average Bonchev–Trinajstić information content (AvgIpc) is 3.08. The quantitative estimate of drug-likeness (QED) is 0.217. The standard InChI is InChI=1S/C20H15ClN2O8/c1-10(24)30-18-16(28-2)7-11(8-17(18)29-3)6-15-20(25)31-19(22-15)13-9-12(23(26)27)4-5-14(13)21/h4-9H,1-3H3/b15-6+. The minimum Gasteiger partial charge on any atom is -0.493 e. The summed E-state index contributed by atoms with van der Waals surface area (Å²) in [6, 6.07) is 6.72. The maximum absolute atomic E-state index is 12.3. The number of hydrogen-bond donors (Lipinski definition) is 0. The Kier molecular flexibility index (Phi) is 6.21. The second kappa shape index (κ2) is 8.84. The number of hydrogen-bond acceptors (Lipinski definition) is 9. The number of halogens is 1. The van der Waals surface area contributed by atoms with Crippen LogP contribution in [0, 0.1) is 10.1 Å². The third-order valence-corrected chi connectivity index (χ3v) is 4.37. The van der Waals surface area contributed by atoms with Crippen LogP contribution >= 0.6 is 11.6 Å². The zero-order valence-corrected chi connectivity index (χ0v) is 17.3. The van der Waals surface area contributed by atoms with Crippen LogP contribution in [0.4, 0.5) is 5.69 Å². The number of rotatable bonds is 6. The summed E-state index contributed by atoms with van der Waals surface area (Å²) in [6.45, 7) is 1.23. The van der Waals surface area contributed by atoms with E-state index in [2.05, 4.69) is 4.99 Å². The fourth-order valence-electron chi connectivity index (χ4n) is 2.70. The molecule has 2 aromatic carbocycles. The lowest BCUT2D eigenvalue weighted by Crippen LogP contribution is -2.06. The van der Waals surface area contributed by atoms with E-state index in [9.17, 15) is 19.7 Å². The molecule has 0 amide bonds. The van der Waals surface area contributed by atoms with Gasteiger partial charge in [0.25, 0.3) is 5.69 Å². The van der Waals surface area contributed by atoms with Crippen LogP contribution in [0.5, 0.6) is 17.2 Å². The number of benzene rings is 2. The molecule has 0 N–H and O–H groups in total. The molecule has 0 aromatic heterocycles. The number of esters is 2. The van der Waals surface area contributed by atoms with E-state index in [4.69, 9.17) is 30.5 Å². The molecule has 3 rings (SSSR count). The first kappa shape index (κ1) is 21.8. The molecule has 1 aliphatic rings. The molecule has 1 aliphatic heterocycles. The Labute approximate surface area is 180 Å². The fraction of sp³-hybridized carbons (Fsp3) is 0.150. The predicted octanol–water partition coefficient (Wildman–Crippen LogP) is 3.54.